The number of hydrogen-bond donors (Lipinski definition) is 1. The summed E-state index contributed by atoms with van der Waals surface area (Å²) in [6.45, 7) is 11.0. The average Bonchev–Trinajstić information content (AvgIpc) is 1.98. The molecule has 4 nitrogen and oxygen atoms in total. The Morgan fingerprint density at radius 1 is 1.06 bits per heavy atom. The molecule has 0 radical (unpaired) electrons. The molecule has 0 aromatic carbocycles. The molecular weight excluding hydrogens is 208 g/mol. The summed E-state index contributed by atoms with van der Waals surface area (Å²) in [6.07, 6.45) is 0. The SMILES string of the molecule is CC(C)(C)/C(OC=O)=C(\C(=O)O)C(C)(C)C. The van der Waals surface area contributed by atoms with E-state index >= 15 is 0 Å². The van der Waals surface area contributed by atoms with Crippen LogP contribution < -0.4 is 0 Å². The second-order valence-electron chi connectivity index (χ2n) is 5.72. The Morgan fingerprint density at radius 3 is 1.69 bits per heavy atom. The minimum Gasteiger partial charge on any atom is -0.478 e. The maximum Gasteiger partial charge on any atom is 0.335 e. The Labute approximate surface area is 96.3 Å². The summed E-state index contributed by atoms with van der Waals surface area (Å²) < 4.78 is 4.87. The minimum atomic E-state index is -1.06. The fraction of sp³-hybridized carbons (Fsp3) is 0.667. The van der Waals surface area contributed by atoms with Gasteiger partial charge in [0.15, 0.2) is 0 Å². The number of carboxylic acid groups (broad SMARTS) is 1. The van der Waals surface area contributed by atoms with Crippen LogP contribution in [0.2, 0.25) is 0 Å². The zero-order chi connectivity index (χ0) is 13.1. The van der Waals surface area contributed by atoms with Gasteiger partial charge in [0.1, 0.15) is 5.76 Å². The van der Waals surface area contributed by atoms with Crippen molar-refractivity contribution < 1.29 is 19.4 Å². The molecule has 92 valence electrons. The Balaban J connectivity index is 5.85. The van der Waals surface area contributed by atoms with E-state index in [1.54, 1.807) is 41.5 Å². The molecule has 0 spiro atoms. The second kappa shape index (κ2) is 4.68. The molecule has 0 aromatic rings. The molecule has 0 heterocycles. The highest BCUT2D eigenvalue weighted by Crippen LogP contribution is 2.36. The third-order valence-corrected chi connectivity index (χ3v) is 2.04. The van der Waals surface area contributed by atoms with Crippen molar-refractivity contribution >= 4 is 12.4 Å². The molecule has 0 saturated carbocycles. The Morgan fingerprint density at radius 2 is 1.50 bits per heavy atom. The van der Waals surface area contributed by atoms with Crippen LogP contribution in [0.5, 0.6) is 0 Å². The summed E-state index contributed by atoms with van der Waals surface area (Å²) in [5.74, 6) is -0.846. The lowest BCUT2D eigenvalue weighted by atomic mass is 9.79. The molecule has 16 heavy (non-hydrogen) atoms. The first-order valence-electron chi connectivity index (χ1n) is 5.10. The van der Waals surface area contributed by atoms with Gasteiger partial charge in [-0.3, -0.25) is 4.79 Å². The van der Waals surface area contributed by atoms with E-state index in [9.17, 15) is 14.7 Å². The van der Waals surface area contributed by atoms with E-state index in [0.29, 0.717) is 0 Å². The van der Waals surface area contributed by atoms with Crippen LogP contribution in [0, 0.1) is 10.8 Å². The Kier molecular flexibility index (Phi) is 4.29. The number of ether oxygens (including phenoxy) is 1. The third kappa shape index (κ3) is 3.68. The van der Waals surface area contributed by atoms with Crippen molar-refractivity contribution in [3.8, 4) is 0 Å². The van der Waals surface area contributed by atoms with Gasteiger partial charge in [-0.25, -0.2) is 4.79 Å². The smallest absolute Gasteiger partial charge is 0.335 e. The van der Waals surface area contributed by atoms with Gasteiger partial charge in [-0.1, -0.05) is 41.5 Å². The molecule has 0 unspecified atom stereocenters. The predicted octanol–water partition coefficient (Wildman–Crippen LogP) is 2.59. The van der Waals surface area contributed by atoms with E-state index < -0.39 is 16.8 Å². The van der Waals surface area contributed by atoms with Gasteiger partial charge in [0.2, 0.25) is 0 Å². The molecule has 4 heteroatoms. The van der Waals surface area contributed by atoms with Gasteiger partial charge in [0.25, 0.3) is 6.47 Å². The molecule has 0 rings (SSSR count). The van der Waals surface area contributed by atoms with E-state index in [4.69, 9.17) is 4.74 Å². The average molecular weight is 228 g/mol. The molecule has 0 amide bonds. The Bertz CT molecular complexity index is 313. The zero-order valence-corrected chi connectivity index (χ0v) is 10.7. The fourth-order valence-corrected chi connectivity index (χ4v) is 1.42. The van der Waals surface area contributed by atoms with E-state index in [0.717, 1.165) is 0 Å². The number of carboxylic acids is 1. The predicted molar refractivity (Wildman–Crippen MR) is 60.7 cm³/mol. The van der Waals surface area contributed by atoms with Crippen LogP contribution in [-0.4, -0.2) is 17.5 Å². The van der Waals surface area contributed by atoms with Crippen LogP contribution in [0.25, 0.3) is 0 Å². The van der Waals surface area contributed by atoms with E-state index in [1.165, 1.54) is 0 Å². The number of carbonyl (C=O) groups is 2. The lowest BCUT2D eigenvalue weighted by Crippen LogP contribution is -2.26. The number of rotatable bonds is 3. The third-order valence-electron chi connectivity index (χ3n) is 2.04. The van der Waals surface area contributed by atoms with Gasteiger partial charge in [-0.05, 0) is 5.41 Å². The fourth-order valence-electron chi connectivity index (χ4n) is 1.42. The van der Waals surface area contributed by atoms with Crippen LogP contribution in [-0.2, 0) is 14.3 Å². The van der Waals surface area contributed by atoms with E-state index in [1.807, 2.05) is 0 Å². The van der Waals surface area contributed by atoms with Crippen molar-refractivity contribution in [3.05, 3.63) is 11.3 Å². The van der Waals surface area contributed by atoms with Gasteiger partial charge in [0.05, 0.1) is 5.57 Å². The van der Waals surface area contributed by atoms with Crippen molar-refractivity contribution in [1.29, 1.82) is 0 Å². The second-order valence-corrected chi connectivity index (χ2v) is 5.72. The van der Waals surface area contributed by atoms with Crippen LogP contribution >= 0.6 is 0 Å². The lowest BCUT2D eigenvalue weighted by Gasteiger charge is -2.28. The summed E-state index contributed by atoms with van der Waals surface area (Å²) in [5, 5.41) is 9.22. The molecule has 0 aliphatic heterocycles. The number of hydrogen-bond acceptors (Lipinski definition) is 3. The summed E-state index contributed by atoms with van der Waals surface area (Å²) in [5.41, 5.74) is -0.980. The normalized spacial score (nSPS) is 14.1. The maximum absolute atomic E-state index is 11.3. The van der Waals surface area contributed by atoms with Crippen molar-refractivity contribution in [1.82, 2.24) is 0 Å². The molecule has 0 aliphatic carbocycles. The molecular formula is C12H20O4. The van der Waals surface area contributed by atoms with Gasteiger partial charge in [0, 0.05) is 5.41 Å². The van der Waals surface area contributed by atoms with Crippen LogP contribution in [0.1, 0.15) is 41.5 Å². The van der Waals surface area contributed by atoms with E-state index in [-0.39, 0.29) is 17.8 Å². The topological polar surface area (TPSA) is 63.6 Å². The number of allylic oxidation sites excluding steroid dienone is 1. The maximum atomic E-state index is 11.3. The molecule has 0 aromatic heterocycles. The van der Waals surface area contributed by atoms with Crippen LogP contribution in [0.15, 0.2) is 11.3 Å². The largest absolute Gasteiger partial charge is 0.478 e. The number of carbonyl (C=O) groups excluding carboxylic acids is 1. The summed E-state index contributed by atoms with van der Waals surface area (Å²) >= 11 is 0. The highest BCUT2D eigenvalue weighted by molar-refractivity contribution is 5.89. The van der Waals surface area contributed by atoms with Gasteiger partial charge in [-0.2, -0.15) is 0 Å². The van der Waals surface area contributed by atoms with Gasteiger partial charge >= 0.3 is 5.97 Å². The van der Waals surface area contributed by atoms with Crippen molar-refractivity contribution in [2.24, 2.45) is 10.8 Å². The number of aliphatic carboxylic acids is 1. The van der Waals surface area contributed by atoms with Crippen molar-refractivity contribution in [2.45, 2.75) is 41.5 Å². The molecule has 0 aliphatic rings. The monoisotopic (exact) mass is 228 g/mol. The summed E-state index contributed by atoms with van der Waals surface area (Å²) in [4.78, 5) is 21.7. The summed E-state index contributed by atoms with van der Waals surface area (Å²) in [6, 6.07) is 0. The zero-order valence-electron chi connectivity index (χ0n) is 10.7. The minimum absolute atomic E-state index is 0.132. The molecule has 0 bridgehead atoms. The van der Waals surface area contributed by atoms with Crippen molar-refractivity contribution in [2.75, 3.05) is 0 Å². The highest BCUT2D eigenvalue weighted by atomic mass is 16.5. The van der Waals surface area contributed by atoms with Crippen LogP contribution in [0.4, 0.5) is 0 Å². The van der Waals surface area contributed by atoms with E-state index in [2.05, 4.69) is 0 Å². The highest BCUT2D eigenvalue weighted by Gasteiger charge is 2.34. The quantitative estimate of drug-likeness (QED) is 0.458. The molecule has 1 N–H and O–H groups in total. The first-order valence-corrected chi connectivity index (χ1v) is 5.10. The summed E-state index contributed by atoms with van der Waals surface area (Å²) in [7, 11) is 0. The van der Waals surface area contributed by atoms with Crippen molar-refractivity contribution in [3.63, 3.8) is 0 Å². The lowest BCUT2D eigenvalue weighted by molar-refractivity contribution is -0.134. The standard InChI is InChI=1S/C12H20O4/c1-11(2,3)8(10(14)15)9(16-7-13)12(4,5)6/h7H,1-6H3,(H,14,15)/b9-8-. The molecule has 0 saturated heterocycles. The first-order chi connectivity index (χ1) is 7.01. The van der Waals surface area contributed by atoms with Crippen LogP contribution in [0.3, 0.4) is 0 Å². The molecule has 0 fully saturated rings. The first kappa shape index (κ1) is 14.7. The van der Waals surface area contributed by atoms with Gasteiger partial charge in [-0.15, -0.1) is 0 Å². The molecule has 0 atom stereocenters. The van der Waals surface area contributed by atoms with Gasteiger partial charge < -0.3 is 9.84 Å². The Hall–Kier alpha value is -1.32.